The van der Waals surface area contributed by atoms with Crippen LogP contribution in [-0.2, 0) is 24.0 Å². The highest BCUT2D eigenvalue weighted by molar-refractivity contribution is 7.98. The molecule has 0 rings (SSSR count). The Bertz CT molecular complexity index is 731. The molecule has 33 heavy (non-hydrogen) atoms. The summed E-state index contributed by atoms with van der Waals surface area (Å²) in [6, 6.07) is -4.58. The highest BCUT2D eigenvalue weighted by atomic mass is 32.2. The second-order valence-corrected chi connectivity index (χ2v) is 8.18. The number of guanidine groups is 1. The van der Waals surface area contributed by atoms with Gasteiger partial charge in [0.1, 0.15) is 18.1 Å². The number of nitrogens with two attached hydrogens (primary N) is 4. The van der Waals surface area contributed by atoms with E-state index in [1.165, 1.54) is 18.7 Å². The average Bonchev–Trinajstić information content (AvgIpc) is 2.71. The lowest BCUT2D eigenvalue weighted by atomic mass is 10.1. The summed E-state index contributed by atoms with van der Waals surface area (Å²) in [6.07, 6.45) is 2.02. The van der Waals surface area contributed by atoms with Crippen molar-refractivity contribution in [1.82, 2.24) is 16.0 Å². The number of carboxylic acid groups (broad SMARTS) is 1. The zero-order valence-corrected chi connectivity index (χ0v) is 19.5. The Balaban J connectivity index is 5.42. The Morgan fingerprint density at radius 1 is 0.939 bits per heavy atom. The molecule has 12 N–H and O–H groups in total. The molecule has 0 aromatic carbocycles. The number of hydrogen-bond acceptors (Lipinski definition) is 8. The largest absolute Gasteiger partial charge is 0.480 e. The number of nitrogens with one attached hydrogen (secondary N) is 3. The van der Waals surface area contributed by atoms with Crippen molar-refractivity contribution in [3.63, 3.8) is 0 Å². The van der Waals surface area contributed by atoms with Crippen LogP contribution in [0.5, 0.6) is 0 Å². The smallest absolute Gasteiger partial charge is 0.325 e. The lowest BCUT2D eigenvalue weighted by Crippen LogP contribution is -2.57. The van der Waals surface area contributed by atoms with Crippen molar-refractivity contribution in [2.24, 2.45) is 27.9 Å². The van der Waals surface area contributed by atoms with Gasteiger partial charge >= 0.3 is 5.97 Å². The van der Waals surface area contributed by atoms with E-state index in [1.54, 1.807) is 0 Å². The molecular formula is C18H34N8O6S. The lowest BCUT2D eigenvalue weighted by molar-refractivity contribution is -0.141. The van der Waals surface area contributed by atoms with Gasteiger partial charge in [0.2, 0.25) is 23.6 Å². The predicted octanol–water partition coefficient (Wildman–Crippen LogP) is -3.45. The molecular weight excluding hydrogens is 456 g/mol. The minimum absolute atomic E-state index is 0.0973. The molecule has 0 saturated carbocycles. The zero-order valence-electron chi connectivity index (χ0n) is 18.7. The molecule has 0 fully saturated rings. The van der Waals surface area contributed by atoms with Gasteiger partial charge in [0.05, 0.1) is 12.5 Å². The van der Waals surface area contributed by atoms with E-state index in [-0.39, 0.29) is 25.3 Å². The molecule has 0 aliphatic carbocycles. The molecule has 0 heterocycles. The first kappa shape index (κ1) is 29.9. The summed E-state index contributed by atoms with van der Waals surface area (Å²) < 4.78 is 0. The highest BCUT2D eigenvalue weighted by Crippen LogP contribution is 2.05. The van der Waals surface area contributed by atoms with E-state index in [0.29, 0.717) is 12.2 Å². The Morgan fingerprint density at radius 3 is 2.00 bits per heavy atom. The molecule has 0 radical (unpaired) electrons. The van der Waals surface area contributed by atoms with E-state index in [4.69, 9.17) is 28.0 Å². The van der Waals surface area contributed by atoms with E-state index in [0.717, 1.165) is 0 Å². The first-order valence-electron chi connectivity index (χ1n) is 10.1. The van der Waals surface area contributed by atoms with Crippen molar-refractivity contribution in [3.05, 3.63) is 0 Å². The van der Waals surface area contributed by atoms with Crippen molar-refractivity contribution in [1.29, 1.82) is 0 Å². The van der Waals surface area contributed by atoms with Crippen LogP contribution in [0, 0.1) is 0 Å². The second kappa shape index (κ2) is 15.7. The number of aliphatic imine (C=N–C) groups is 1. The molecule has 0 aromatic rings. The van der Waals surface area contributed by atoms with E-state index >= 15 is 0 Å². The first-order chi connectivity index (χ1) is 15.4. The molecule has 14 nitrogen and oxygen atoms in total. The number of carboxylic acids is 1. The van der Waals surface area contributed by atoms with Crippen LogP contribution in [0.2, 0.25) is 0 Å². The monoisotopic (exact) mass is 490 g/mol. The van der Waals surface area contributed by atoms with Crippen LogP contribution in [0.15, 0.2) is 4.99 Å². The van der Waals surface area contributed by atoms with Crippen LogP contribution in [0.4, 0.5) is 0 Å². The number of thioether (sulfide) groups is 1. The number of carbonyl (C=O) groups excluding carboxylic acids is 4. The SMILES string of the molecule is CSCCC(NC(=O)C(CCCN=C(N)N)NC(=O)C(N)CC(N)=O)C(=O)NC(C)C(=O)O. The number of primary amides is 1. The standard InChI is InChI=1S/C18H34N8O6S/c1-9(17(31)32)24-15(29)12(5-7-33-2)26-16(30)11(4-3-6-23-18(21)22)25-14(28)10(19)8-13(20)27/h9-12H,3-8,19H2,1-2H3,(H2,20,27)(H,24,29)(H,25,28)(H,26,30)(H,31,32)(H4,21,22,23). The molecule has 4 atom stereocenters. The molecule has 188 valence electrons. The first-order valence-corrected chi connectivity index (χ1v) is 11.5. The molecule has 0 spiro atoms. The Hall–Kier alpha value is -3.07. The van der Waals surface area contributed by atoms with Crippen LogP contribution in [0.1, 0.15) is 32.6 Å². The summed E-state index contributed by atoms with van der Waals surface area (Å²) in [5.41, 5.74) is 21.2. The van der Waals surface area contributed by atoms with Crippen molar-refractivity contribution >= 4 is 47.3 Å². The maximum Gasteiger partial charge on any atom is 0.325 e. The fourth-order valence-corrected chi connectivity index (χ4v) is 2.98. The van der Waals surface area contributed by atoms with Crippen molar-refractivity contribution in [2.45, 2.75) is 56.8 Å². The molecule has 0 saturated heterocycles. The molecule has 4 unspecified atom stereocenters. The summed E-state index contributed by atoms with van der Waals surface area (Å²) in [6.45, 7) is 1.47. The van der Waals surface area contributed by atoms with Gasteiger partial charge in [-0.1, -0.05) is 0 Å². The van der Waals surface area contributed by atoms with Crippen LogP contribution in [-0.4, -0.2) is 83.4 Å². The van der Waals surface area contributed by atoms with Crippen LogP contribution >= 0.6 is 11.8 Å². The fourth-order valence-electron chi connectivity index (χ4n) is 2.51. The van der Waals surface area contributed by atoms with Gasteiger partial charge in [-0.25, -0.2) is 0 Å². The predicted molar refractivity (Wildman–Crippen MR) is 124 cm³/mol. The third-order valence-corrected chi connectivity index (χ3v) is 4.95. The number of hydrogen-bond donors (Lipinski definition) is 8. The fraction of sp³-hybridized carbons (Fsp3) is 0.667. The van der Waals surface area contributed by atoms with Gasteiger partial charge in [-0.3, -0.25) is 29.0 Å². The lowest BCUT2D eigenvalue weighted by Gasteiger charge is -2.24. The molecule has 4 amide bonds. The van der Waals surface area contributed by atoms with Gasteiger partial charge in [0.25, 0.3) is 0 Å². The highest BCUT2D eigenvalue weighted by Gasteiger charge is 2.29. The third kappa shape index (κ3) is 13.2. The Labute approximate surface area is 196 Å². The minimum Gasteiger partial charge on any atom is -0.480 e. The minimum atomic E-state index is -1.26. The maximum atomic E-state index is 12.9. The van der Waals surface area contributed by atoms with Crippen LogP contribution in [0.3, 0.4) is 0 Å². The van der Waals surface area contributed by atoms with Crippen molar-refractivity contribution in [2.75, 3.05) is 18.6 Å². The normalized spacial score (nSPS) is 14.2. The number of rotatable bonds is 16. The quantitative estimate of drug-likeness (QED) is 0.0602. The number of aliphatic carboxylic acids is 1. The Morgan fingerprint density at radius 2 is 1.48 bits per heavy atom. The summed E-state index contributed by atoms with van der Waals surface area (Å²) in [5, 5.41) is 16.3. The number of carbonyl (C=O) groups is 5. The van der Waals surface area contributed by atoms with Crippen LogP contribution < -0.4 is 38.9 Å². The molecule has 0 aromatic heterocycles. The maximum absolute atomic E-state index is 12.9. The molecule has 0 aliphatic rings. The summed E-state index contributed by atoms with van der Waals surface area (Å²) in [4.78, 5) is 63.6. The van der Waals surface area contributed by atoms with E-state index in [1.807, 2.05) is 6.26 Å². The second-order valence-electron chi connectivity index (χ2n) is 7.20. The van der Waals surface area contributed by atoms with Crippen LogP contribution in [0.25, 0.3) is 0 Å². The summed E-state index contributed by atoms with van der Waals surface area (Å²) in [7, 11) is 0. The third-order valence-electron chi connectivity index (χ3n) is 4.31. The average molecular weight is 491 g/mol. The van der Waals surface area contributed by atoms with Crippen molar-refractivity contribution in [3.8, 4) is 0 Å². The topological polar surface area (TPSA) is 258 Å². The van der Waals surface area contributed by atoms with Gasteiger partial charge in [0.15, 0.2) is 5.96 Å². The summed E-state index contributed by atoms with van der Waals surface area (Å²) in [5.74, 6) is -3.79. The van der Waals surface area contributed by atoms with Gasteiger partial charge in [-0.2, -0.15) is 11.8 Å². The Kier molecular flexibility index (Phi) is 14.2. The van der Waals surface area contributed by atoms with E-state index in [2.05, 4.69) is 20.9 Å². The van der Waals surface area contributed by atoms with E-state index in [9.17, 15) is 24.0 Å². The molecule has 0 aliphatic heterocycles. The van der Waals surface area contributed by atoms with Gasteiger partial charge in [-0.05, 0) is 38.2 Å². The number of amides is 4. The van der Waals surface area contributed by atoms with Gasteiger partial charge in [0, 0.05) is 6.54 Å². The number of nitrogens with zero attached hydrogens (tertiary/aromatic N) is 1. The summed E-state index contributed by atoms with van der Waals surface area (Å²) >= 11 is 1.43. The molecule has 15 heteroatoms. The van der Waals surface area contributed by atoms with Crippen molar-refractivity contribution < 1.29 is 29.1 Å². The zero-order chi connectivity index (χ0) is 25.6. The van der Waals surface area contributed by atoms with E-state index < -0.39 is 60.2 Å². The molecule has 0 bridgehead atoms. The van der Waals surface area contributed by atoms with Gasteiger partial charge in [-0.15, -0.1) is 0 Å². The van der Waals surface area contributed by atoms with Gasteiger partial charge < -0.3 is 44.0 Å².